The van der Waals surface area contributed by atoms with Crippen LogP contribution in [-0.4, -0.2) is 39.2 Å². The Balaban J connectivity index is 1.44. The van der Waals surface area contributed by atoms with Crippen LogP contribution in [0.2, 0.25) is 0 Å². The third kappa shape index (κ3) is 4.64. The smallest absolute Gasteiger partial charge is 0.243 e. The lowest BCUT2D eigenvalue weighted by molar-refractivity contribution is -0.149. The molecule has 4 saturated carbocycles. The molecule has 1 aromatic carbocycles. The van der Waals surface area contributed by atoms with E-state index in [2.05, 4.69) is 10.6 Å². The van der Waals surface area contributed by atoms with Crippen LogP contribution < -0.4 is 24.8 Å². The highest BCUT2D eigenvalue weighted by atomic mass is 16.5. The lowest BCUT2D eigenvalue weighted by Gasteiger charge is -2.55. The number of methoxy groups -OCH3 is 3. The van der Waals surface area contributed by atoms with Crippen molar-refractivity contribution in [3.8, 4) is 17.2 Å². The molecule has 4 aliphatic carbocycles. The minimum absolute atomic E-state index is 0.0184. The van der Waals surface area contributed by atoms with Crippen molar-refractivity contribution in [2.45, 2.75) is 65.0 Å². The molecule has 5 rings (SSSR count). The summed E-state index contributed by atoms with van der Waals surface area (Å²) in [4.78, 5) is 26.7. The molecule has 1 atom stereocenters. The molecular weight excluding hydrogens is 420 g/mol. The second kappa shape index (κ2) is 9.43. The van der Waals surface area contributed by atoms with Crippen LogP contribution in [0, 0.1) is 29.1 Å². The molecule has 4 fully saturated rings. The van der Waals surface area contributed by atoms with Crippen LogP contribution in [0.25, 0.3) is 0 Å². The predicted molar refractivity (Wildman–Crippen MR) is 125 cm³/mol. The van der Waals surface area contributed by atoms with Crippen molar-refractivity contribution in [2.24, 2.45) is 29.1 Å². The van der Waals surface area contributed by atoms with Crippen LogP contribution in [0.1, 0.15) is 57.9 Å². The predicted octanol–water partition coefficient (Wildman–Crippen LogP) is 3.69. The summed E-state index contributed by atoms with van der Waals surface area (Å²) in [6, 6.07) is 2.97. The van der Waals surface area contributed by atoms with E-state index in [1.165, 1.54) is 19.3 Å². The molecule has 33 heavy (non-hydrogen) atoms. The Kier molecular flexibility index (Phi) is 6.78. The number of nitrogens with one attached hydrogen (secondary N) is 2. The SMILES string of the molecule is COc1cc(OC)c(OC)cc1CNC(=O)C(NC(=O)C12CC3CC(CC(C3)C1)C2)C(C)C. The standard InChI is InChI=1S/C26H38N2O5/c1-15(2)23(28-25(30)26-11-16-6-17(12-26)8-18(7-16)13-26)24(29)27-14-19-9-21(32-4)22(33-5)10-20(19)31-3/h9-10,15-18,23H,6-8,11-14H2,1-5H3,(H,27,29)(H,28,30). The summed E-state index contributed by atoms with van der Waals surface area (Å²) in [7, 11) is 4.72. The number of carbonyl (C=O) groups excluding carboxylic acids is 2. The van der Waals surface area contributed by atoms with Crippen LogP contribution in [-0.2, 0) is 16.1 Å². The fourth-order valence-corrected chi connectivity index (χ4v) is 6.74. The van der Waals surface area contributed by atoms with Crippen LogP contribution in [0.3, 0.4) is 0 Å². The number of carbonyl (C=O) groups is 2. The molecule has 2 N–H and O–H groups in total. The highest BCUT2D eigenvalue weighted by Crippen LogP contribution is 2.60. The second-order valence-electron chi connectivity index (χ2n) is 10.6. The molecule has 0 aromatic heterocycles. The average molecular weight is 459 g/mol. The molecule has 7 nitrogen and oxygen atoms in total. The Morgan fingerprint density at radius 1 is 0.909 bits per heavy atom. The molecule has 4 bridgehead atoms. The summed E-state index contributed by atoms with van der Waals surface area (Å²) in [5, 5.41) is 6.15. The van der Waals surface area contributed by atoms with Crippen molar-refractivity contribution < 1.29 is 23.8 Å². The van der Waals surface area contributed by atoms with Gasteiger partial charge in [-0.1, -0.05) is 13.8 Å². The first-order valence-electron chi connectivity index (χ1n) is 12.2. The highest BCUT2D eigenvalue weighted by Gasteiger charge is 2.55. The normalized spacial score (nSPS) is 28.4. The number of rotatable bonds is 9. The van der Waals surface area contributed by atoms with E-state index in [9.17, 15) is 9.59 Å². The van der Waals surface area contributed by atoms with Gasteiger partial charge in [0, 0.05) is 23.6 Å². The quantitative estimate of drug-likeness (QED) is 0.590. The van der Waals surface area contributed by atoms with E-state index >= 15 is 0 Å². The summed E-state index contributed by atoms with van der Waals surface area (Å²) in [6.07, 6.45) is 6.82. The Labute approximate surface area is 196 Å². The van der Waals surface area contributed by atoms with Crippen LogP contribution in [0.4, 0.5) is 0 Å². The fourth-order valence-electron chi connectivity index (χ4n) is 6.74. The minimum Gasteiger partial charge on any atom is -0.496 e. The van der Waals surface area contributed by atoms with Gasteiger partial charge in [-0.15, -0.1) is 0 Å². The number of amides is 2. The van der Waals surface area contributed by atoms with Gasteiger partial charge in [0.1, 0.15) is 11.8 Å². The van der Waals surface area contributed by atoms with E-state index in [-0.39, 0.29) is 29.7 Å². The van der Waals surface area contributed by atoms with Crippen molar-refractivity contribution in [1.82, 2.24) is 10.6 Å². The molecule has 0 radical (unpaired) electrons. The van der Waals surface area contributed by atoms with Gasteiger partial charge in [0.2, 0.25) is 11.8 Å². The van der Waals surface area contributed by atoms with Gasteiger partial charge in [-0.2, -0.15) is 0 Å². The zero-order valence-electron chi connectivity index (χ0n) is 20.5. The van der Waals surface area contributed by atoms with Crippen molar-refractivity contribution >= 4 is 11.8 Å². The maximum absolute atomic E-state index is 13.5. The lowest BCUT2D eigenvalue weighted by atomic mass is 9.49. The first-order chi connectivity index (χ1) is 15.8. The zero-order valence-corrected chi connectivity index (χ0v) is 20.5. The van der Waals surface area contributed by atoms with Gasteiger partial charge in [-0.05, 0) is 68.3 Å². The Bertz CT molecular complexity index is 862. The molecule has 1 unspecified atom stereocenters. The largest absolute Gasteiger partial charge is 0.496 e. The summed E-state index contributed by atoms with van der Waals surface area (Å²) >= 11 is 0. The second-order valence-corrected chi connectivity index (χ2v) is 10.6. The van der Waals surface area contributed by atoms with Gasteiger partial charge in [0.15, 0.2) is 11.5 Å². The molecule has 182 valence electrons. The molecule has 2 amide bonds. The molecule has 0 heterocycles. The third-order valence-electron chi connectivity index (χ3n) is 8.00. The van der Waals surface area contributed by atoms with Gasteiger partial charge in [0.25, 0.3) is 0 Å². The molecule has 0 spiro atoms. The first kappa shape index (κ1) is 23.7. The van der Waals surface area contributed by atoms with Gasteiger partial charge < -0.3 is 24.8 Å². The van der Waals surface area contributed by atoms with Crippen LogP contribution >= 0.6 is 0 Å². The molecular formula is C26H38N2O5. The summed E-state index contributed by atoms with van der Waals surface area (Å²) in [5.74, 6) is 3.67. The van der Waals surface area contributed by atoms with Crippen LogP contribution in [0.15, 0.2) is 12.1 Å². The number of ether oxygens (including phenoxy) is 3. The fraction of sp³-hybridized carbons (Fsp3) is 0.692. The van der Waals surface area contributed by atoms with Gasteiger partial charge >= 0.3 is 0 Å². The molecule has 7 heteroatoms. The van der Waals surface area contributed by atoms with E-state index in [1.54, 1.807) is 33.5 Å². The van der Waals surface area contributed by atoms with Crippen LogP contribution in [0.5, 0.6) is 17.2 Å². The number of benzene rings is 1. The Morgan fingerprint density at radius 3 is 1.91 bits per heavy atom. The van der Waals surface area contributed by atoms with E-state index in [0.717, 1.165) is 24.8 Å². The summed E-state index contributed by atoms with van der Waals surface area (Å²) in [5.41, 5.74) is 0.507. The first-order valence-corrected chi connectivity index (χ1v) is 12.2. The number of hydrogen-bond acceptors (Lipinski definition) is 5. The lowest BCUT2D eigenvalue weighted by Crippen LogP contribution is -2.58. The van der Waals surface area contributed by atoms with Gasteiger partial charge in [-0.3, -0.25) is 9.59 Å². The maximum atomic E-state index is 13.5. The van der Waals surface area contributed by atoms with Crippen molar-refractivity contribution in [1.29, 1.82) is 0 Å². The van der Waals surface area contributed by atoms with Gasteiger partial charge in [0.05, 0.1) is 21.3 Å². The molecule has 4 aliphatic rings. The minimum atomic E-state index is -0.573. The van der Waals surface area contributed by atoms with Gasteiger partial charge in [-0.25, -0.2) is 0 Å². The molecule has 1 aromatic rings. The van der Waals surface area contributed by atoms with Crippen molar-refractivity contribution in [3.63, 3.8) is 0 Å². The topological polar surface area (TPSA) is 85.9 Å². The van der Waals surface area contributed by atoms with E-state index in [4.69, 9.17) is 14.2 Å². The zero-order chi connectivity index (χ0) is 23.8. The maximum Gasteiger partial charge on any atom is 0.243 e. The van der Waals surface area contributed by atoms with Crippen molar-refractivity contribution in [2.75, 3.05) is 21.3 Å². The Hall–Kier alpha value is -2.44. The summed E-state index contributed by atoms with van der Waals surface area (Å²) in [6.45, 7) is 4.21. The molecule has 0 saturated heterocycles. The van der Waals surface area contributed by atoms with E-state index in [0.29, 0.717) is 35.0 Å². The molecule has 0 aliphatic heterocycles. The number of hydrogen-bond donors (Lipinski definition) is 2. The third-order valence-corrected chi connectivity index (χ3v) is 8.00. The Morgan fingerprint density at radius 2 is 1.42 bits per heavy atom. The summed E-state index contributed by atoms with van der Waals surface area (Å²) < 4.78 is 16.2. The van der Waals surface area contributed by atoms with E-state index < -0.39 is 6.04 Å². The average Bonchev–Trinajstić information content (AvgIpc) is 2.78. The van der Waals surface area contributed by atoms with E-state index in [1.807, 2.05) is 13.8 Å². The van der Waals surface area contributed by atoms with Crippen molar-refractivity contribution in [3.05, 3.63) is 17.7 Å². The monoisotopic (exact) mass is 458 g/mol. The highest BCUT2D eigenvalue weighted by molar-refractivity contribution is 5.90.